The topological polar surface area (TPSA) is 146 Å². The molecule has 3 rings (SSSR count). The zero-order valence-electron chi connectivity index (χ0n) is 23.6. The molecule has 1 heterocycles. The van der Waals surface area contributed by atoms with Gasteiger partial charge in [0.05, 0.1) is 44.8 Å². The van der Waals surface area contributed by atoms with E-state index < -0.39 is 23.9 Å². The van der Waals surface area contributed by atoms with Crippen LogP contribution in [0.2, 0.25) is 0 Å². The van der Waals surface area contributed by atoms with Gasteiger partial charge in [-0.15, -0.1) is 0 Å². The average Bonchev–Trinajstić information content (AvgIpc) is 2.92. The summed E-state index contributed by atoms with van der Waals surface area (Å²) in [6.45, 7) is 6.93. The van der Waals surface area contributed by atoms with Crippen molar-refractivity contribution in [3.63, 3.8) is 0 Å². The number of ether oxygens (including phenoxy) is 5. The molecule has 2 aromatic rings. The molecule has 1 atom stereocenters. The number of urea groups is 1. The lowest BCUT2D eigenvalue weighted by molar-refractivity contribution is -0.139. The van der Waals surface area contributed by atoms with Crippen LogP contribution >= 0.6 is 15.9 Å². The Morgan fingerprint density at radius 3 is 2.51 bits per heavy atom. The molecule has 12 nitrogen and oxygen atoms in total. The van der Waals surface area contributed by atoms with Crippen LogP contribution in [-0.4, -0.2) is 57.7 Å². The number of carbonyl (C=O) groups excluding carboxylic acids is 3. The fourth-order valence-corrected chi connectivity index (χ4v) is 4.41. The first-order valence-corrected chi connectivity index (χ1v) is 13.5. The summed E-state index contributed by atoms with van der Waals surface area (Å²) in [6.07, 6.45) is 1.34. The van der Waals surface area contributed by atoms with Gasteiger partial charge in [-0.05, 0) is 57.5 Å². The average molecular weight is 633 g/mol. The number of nitrogens with zero attached hydrogens (tertiary/aromatic N) is 1. The van der Waals surface area contributed by atoms with Gasteiger partial charge in [0, 0.05) is 15.7 Å². The molecular weight excluding hydrogens is 600 g/mol. The van der Waals surface area contributed by atoms with Crippen LogP contribution in [0.4, 0.5) is 4.79 Å². The summed E-state index contributed by atoms with van der Waals surface area (Å²) in [5.41, 5.74) is 4.23. The number of nitrogens with one attached hydrogen (secondary N) is 3. The lowest BCUT2D eigenvalue weighted by Gasteiger charge is -2.28. The van der Waals surface area contributed by atoms with Crippen molar-refractivity contribution < 1.29 is 38.1 Å². The van der Waals surface area contributed by atoms with Crippen LogP contribution < -0.4 is 35.0 Å². The van der Waals surface area contributed by atoms with Crippen LogP contribution in [0.5, 0.6) is 23.0 Å². The number of benzene rings is 2. The largest absolute Gasteiger partial charge is 0.493 e. The van der Waals surface area contributed by atoms with Crippen LogP contribution in [-0.2, 0) is 14.3 Å². The molecule has 0 saturated carbocycles. The maximum absolute atomic E-state index is 12.6. The van der Waals surface area contributed by atoms with E-state index >= 15 is 0 Å². The van der Waals surface area contributed by atoms with Gasteiger partial charge in [-0.1, -0.05) is 22.0 Å². The Morgan fingerprint density at radius 1 is 1.12 bits per heavy atom. The van der Waals surface area contributed by atoms with Crippen LogP contribution in [0.15, 0.2) is 51.2 Å². The first kappa shape index (κ1) is 31.3. The van der Waals surface area contributed by atoms with E-state index in [1.807, 2.05) is 13.8 Å². The Labute approximate surface area is 246 Å². The van der Waals surface area contributed by atoms with E-state index in [0.29, 0.717) is 34.1 Å². The fourth-order valence-electron chi connectivity index (χ4n) is 3.95. The van der Waals surface area contributed by atoms with Gasteiger partial charge < -0.3 is 34.3 Å². The van der Waals surface area contributed by atoms with Gasteiger partial charge in [0.25, 0.3) is 5.91 Å². The van der Waals surface area contributed by atoms with Crippen LogP contribution in [0.25, 0.3) is 0 Å². The van der Waals surface area contributed by atoms with Crippen molar-refractivity contribution in [3.05, 3.63) is 57.2 Å². The highest BCUT2D eigenvalue weighted by Gasteiger charge is 2.32. The van der Waals surface area contributed by atoms with Crippen molar-refractivity contribution in [1.29, 1.82) is 0 Å². The van der Waals surface area contributed by atoms with E-state index in [9.17, 15) is 14.4 Å². The summed E-state index contributed by atoms with van der Waals surface area (Å²) in [5, 5.41) is 9.34. The number of methoxy groups -OCH3 is 2. The predicted octanol–water partition coefficient (Wildman–Crippen LogP) is 3.97. The molecule has 0 saturated heterocycles. The van der Waals surface area contributed by atoms with Gasteiger partial charge in [-0.3, -0.25) is 4.79 Å². The van der Waals surface area contributed by atoms with Gasteiger partial charge in [0.1, 0.15) is 0 Å². The normalized spacial score (nSPS) is 14.8. The number of rotatable bonds is 12. The van der Waals surface area contributed by atoms with Crippen LogP contribution in [0, 0.1) is 0 Å². The number of esters is 1. The molecule has 41 heavy (non-hydrogen) atoms. The van der Waals surface area contributed by atoms with Crippen molar-refractivity contribution in [2.75, 3.05) is 27.4 Å². The van der Waals surface area contributed by atoms with Gasteiger partial charge in [0.15, 0.2) is 29.6 Å². The minimum absolute atomic E-state index is 0.107. The highest BCUT2D eigenvalue weighted by atomic mass is 79.9. The molecule has 3 amide bonds. The first-order chi connectivity index (χ1) is 19.6. The number of hydrogen-bond donors (Lipinski definition) is 3. The number of halogens is 1. The molecule has 0 fully saturated rings. The van der Waals surface area contributed by atoms with Crippen LogP contribution in [0.1, 0.15) is 44.9 Å². The molecule has 0 spiro atoms. The second kappa shape index (κ2) is 14.4. The fraction of sp³-hybridized carbons (Fsp3) is 0.357. The molecule has 13 heteroatoms. The highest BCUT2D eigenvalue weighted by Crippen LogP contribution is 2.36. The Hall–Kier alpha value is -4.26. The van der Waals surface area contributed by atoms with Gasteiger partial charge in [-0.2, -0.15) is 5.10 Å². The molecule has 3 N–H and O–H groups in total. The molecule has 1 aliphatic rings. The third-order valence-corrected chi connectivity index (χ3v) is 6.12. The van der Waals surface area contributed by atoms with Crippen molar-refractivity contribution in [3.8, 4) is 23.0 Å². The number of hydrogen-bond acceptors (Lipinski definition) is 9. The minimum Gasteiger partial charge on any atom is -0.493 e. The Morgan fingerprint density at radius 2 is 1.85 bits per heavy atom. The van der Waals surface area contributed by atoms with Crippen molar-refractivity contribution in [2.24, 2.45) is 5.10 Å². The quantitative estimate of drug-likeness (QED) is 0.181. The van der Waals surface area contributed by atoms with E-state index in [1.54, 1.807) is 44.2 Å². The summed E-state index contributed by atoms with van der Waals surface area (Å²) in [6, 6.07) is 7.19. The zero-order chi connectivity index (χ0) is 30.1. The third kappa shape index (κ3) is 8.13. The molecule has 220 valence electrons. The second-order valence-corrected chi connectivity index (χ2v) is 9.89. The van der Waals surface area contributed by atoms with E-state index in [2.05, 4.69) is 37.1 Å². The number of carbonyl (C=O) groups is 3. The monoisotopic (exact) mass is 632 g/mol. The zero-order valence-corrected chi connectivity index (χ0v) is 25.2. The third-order valence-electron chi connectivity index (χ3n) is 5.66. The lowest BCUT2D eigenvalue weighted by Crippen LogP contribution is -2.45. The van der Waals surface area contributed by atoms with E-state index in [1.165, 1.54) is 20.4 Å². The van der Waals surface area contributed by atoms with E-state index in [-0.39, 0.29) is 30.6 Å². The smallest absolute Gasteiger partial charge is 0.338 e. The Balaban J connectivity index is 1.71. The van der Waals surface area contributed by atoms with E-state index in [0.717, 1.165) is 4.47 Å². The molecule has 0 bridgehead atoms. The SMILES string of the molecule is CCOC(=O)C1=C(C)NC(=O)N[C@H]1c1ccc(OCC(=O)N/N=C/c2cc(Br)cc(OC)c2OC(C)C)c(OC)c1. The maximum atomic E-state index is 12.6. The number of allylic oxidation sites excluding steroid dienone is 1. The predicted molar refractivity (Wildman–Crippen MR) is 154 cm³/mol. The molecule has 2 aromatic carbocycles. The van der Waals surface area contributed by atoms with Crippen molar-refractivity contribution in [2.45, 2.75) is 39.8 Å². The summed E-state index contributed by atoms with van der Waals surface area (Å²) >= 11 is 3.43. The summed E-state index contributed by atoms with van der Waals surface area (Å²) < 4.78 is 28.3. The molecule has 0 aliphatic carbocycles. The van der Waals surface area contributed by atoms with Gasteiger partial charge in [0.2, 0.25) is 0 Å². The van der Waals surface area contributed by atoms with Crippen molar-refractivity contribution in [1.82, 2.24) is 16.1 Å². The standard InChI is InChI=1S/C28H33BrN4O8/c1-7-39-27(35)24-16(4)31-28(36)32-25(24)17-8-9-20(21(11-17)37-5)40-14-23(34)33-30-13-18-10-19(29)12-22(38-6)26(18)41-15(2)3/h8-13,15,25H,7,14H2,1-6H3,(H,33,34)(H2,31,32,36)/b30-13+/t25-/m0/s1. The molecule has 0 radical (unpaired) electrons. The number of hydrazone groups is 1. The van der Waals surface area contributed by atoms with Gasteiger partial charge >= 0.3 is 12.0 Å². The first-order valence-electron chi connectivity index (χ1n) is 12.7. The van der Waals surface area contributed by atoms with Crippen LogP contribution in [0.3, 0.4) is 0 Å². The molecule has 0 aromatic heterocycles. The molecular formula is C28H33BrN4O8. The Kier molecular flexibility index (Phi) is 11.0. The molecule has 1 aliphatic heterocycles. The molecule has 0 unspecified atom stereocenters. The van der Waals surface area contributed by atoms with E-state index in [4.69, 9.17) is 23.7 Å². The van der Waals surface area contributed by atoms with Crippen molar-refractivity contribution >= 4 is 40.1 Å². The minimum atomic E-state index is -0.774. The maximum Gasteiger partial charge on any atom is 0.338 e. The lowest BCUT2D eigenvalue weighted by atomic mass is 9.95. The summed E-state index contributed by atoms with van der Waals surface area (Å²) in [7, 11) is 2.98. The summed E-state index contributed by atoms with van der Waals surface area (Å²) in [5.74, 6) is 0.509. The Bertz CT molecular complexity index is 1360. The highest BCUT2D eigenvalue weighted by molar-refractivity contribution is 9.10. The second-order valence-electron chi connectivity index (χ2n) is 8.98. The number of amides is 3. The van der Waals surface area contributed by atoms with Gasteiger partial charge in [-0.25, -0.2) is 15.0 Å². The summed E-state index contributed by atoms with van der Waals surface area (Å²) in [4.78, 5) is 37.2.